The molecule has 0 amide bonds. The van der Waals surface area contributed by atoms with Crippen molar-refractivity contribution >= 4 is 0 Å². The zero-order valence-corrected chi connectivity index (χ0v) is 12.1. The molecule has 106 valence electrons. The van der Waals surface area contributed by atoms with Crippen molar-refractivity contribution in [3.8, 4) is 0 Å². The van der Waals surface area contributed by atoms with Gasteiger partial charge in [0.25, 0.3) is 0 Å². The summed E-state index contributed by atoms with van der Waals surface area (Å²) in [7, 11) is 0. The molecule has 2 aromatic heterocycles. The van der Waals surface area contributed by atoms with Crippen molar-refractivity contribution in [3.63, 3.8) is 0 Å². The minimum absolute atomic E-state index is 0.487. The third kappa shape index (κ3) is 5.10. The largest absolute Gasteiger partial charge is 0.314 e. The number of nitrogens with zero attached hydrogens (tertiary/aromatic N) is 2. The minimum Gasteiger partial charge on any atom is -0.314 e. The van der Waals surface area contributed by atoms with Crippen LogP contribution in [0.1, 0.15) is 31.0 Å². The van der Waals surface area contributed by atoms with Gasteiger partial charge in [0.1, 0.15) is 0 Å². The molecule has 0 aliphatic heterocycles. The van der Waals surface area contributed by atoms with Crippen molar-refractivity contribution < 1.29 is 0 Å². The molecule has 1 atom stereocenters. The molecule has 0 radical (unpaired) electrons. The van der Waals surface area contributed by atoms with Crippen LogP contribution in [0.3, 0.4) is 0 Å². The number of hydrogen-bond donors (Lipinski definition) is 1. The Bertz CT molecular complexity index is 470. The lowest BCUT2D eigenvalue weighted by Gasteiger charge is -2.18. The highest BCUT2D eigenvalue weighted by Crippen LogP contribution is 2.08. The Labute approximate surface area is 121 Å². The normalized spacial score (nSPS) is 12.2. The summed E-state index contributed by atoms with van der Waals surface area (Å²) in [6.07, 6.45) is 9.96. The summed E-state index contributed by atoms with van der Waals surface area (Å²) < 4.78 is 0. The van der Waals surface area contributed by atoms with Crippen molar-refractivity contribution in [1.82, 2.24) is 15.3 Å². The SMILES string of the molecule is CCCNC(CCc1ccccn1)Cc1cccnc1. The third-order valence-corrected chi connectivity index (χ3v) is 3.36. The monoisotopic (exact) mass is 269 g/mol. The van der Waals surface area contributed by atoms with Gasteiger partial charge in [-0.25, -0.2) is 0 Å². The molecule has 0 saturated carbocycles. The fraction of sp³-hybridized carbons (Fsp3) is 0.412. The second kappa shape index (κ2) is 8.43. The zero-order chi connectivity index (χ0) is 14.0. The van der Waals surface area contributed by atoms with Crippen LogP contribution in [-0.4, -0.2) is 22.6 Å². The van der Waals surface area contributed by atoms with Crippen LogP contribution in [0.25, 0.3) is 0 Å². The Morgan fingerprint density at radius 1 is 1.15 bits per heavy atom. The standard InChI is InChI=1S/C17H23N3/c1-2-10-19-17(13-15-6-5-11-18-14-15)9-8-16-7-3-4-12-20-16/h3-7,11-12,14,17,19H,2,8-10,13H2,1H3. The van der Waals surface area contributed by atoms with Crippen LogP contribution in [-0.2, 0) is 12.8 Å². The summed E-state index contributed by atoms with van der Waals surface area (Å²) in [5, 5.41) is 3.63. The van der Waals surface area contributed by atoms with Gasteiger partial charge in [-0.05, 0) is 56.0 Å². The first kappa shape index (κ1) is 14.7. The molecule has 0 spiro atoms. The van der Waals surface area contributed by atoms with Gasteiger partial charge in [-0.15, -0.1) is 0 Å². The van der Waals surface area contributed by atoms with Gasteiger partial charge in [0.15, 0.2) is 0 Å². The number of hydrogen-bond acceptors (Lipinski definition) is 3. The van der Waals surface area contributed by atoms with Gasteiger partial charge < -0.3 is 5.32 Å². The van der Waals surface area contributed by atoms with Crippen molar-refractivity contribution in [3.05, 3.63) is 60.2 Å². The van der Waals surface area contributed by atoms with Crippen molar-refractivity contribution in [2.75, 3.05) is 6.54 Å². The van der Waals surface area contributed by atoms with Crippen LogP contribution in [0.2, 0.25) is 0 Å². The van der Waals surface area contributed by atoms with Crippen LogP contribution >= 0.6 is 0 Å². The summed E-state index contributed by atoms with van der Waals surface area (Å²) in [6.45, 7) is 3.26. The molecule has 0 aliphatic rings. The van der Waals surface area contributed by atoms with E-state index in [1.807, 2.05) is 30.7 Å². The van der Waals surface area contributed by atoms with Gasteiger partial charge in [-0.3, -0.25) is 9.97 Å². The van der Waals surface area contributed by atoms with Gasteiger partial charge in [0.05, 0.1) is 0 Å². The molecule has 20 heavy (non-hydrogen) atoms. The van der Waals surface area contributed by atoms with Crippen LogP contribution in [0.4, 0.5) is 0 Å². The van der Waals surface area contributed by atoms with Crippen LogP contribution in [0.5, 0.6) is 0 Å². The molecule has 1 N–H and O–H groups in total. The highest BCUT2D eigenvalue weighted by molar-refractivity contribution is 5.11. The maximum Gasteiger partial charge on any atom is 0.0404 e. The van der Waals surface area contributed by atoms with E-state index in [2.05, 4.69) is 40.4 Å². The lowest BCUT2D eigenvalue weighted by molar-refractivity contribution is 0.475. The van der Waals surface area contributed by atoms with E-state index in [-0.39, 0.29) is 0 Å². The molecular formula is C17H23N3. The van der Waals surface area contributed by atoms with Crippen molar-refractivity contribution in [2.24, 2.45) is 0 Å². The van der Waals surface area contributed by atoms with Gasteiger partial charge in [0.2, 0.25) is 0 Å². The quantitative estimate of drug-likeness (QED) is 0.800. The van der Waals surface area contributed by atoms with Gasteiger partial charge in [-0.2, -0.15) is 0 Å². The molecule has 0 bridgehead atoms. The van der Waals surface area contributed by atoms with E-state index in [1.54, 1.807) is 0 Å². The first-order valence-corrected chi connectivity index (χ1v) is 7.40. The average Bonchev–Trinajstić information content (AvgIpc) is 2.52. The number of rotatable bonds is 8. The van der Waals surface area contributed by atoms with E-state index < -0.39 is 0 Å². The Morgan fingerprint density at radius 2 is 2.10 bits per heavy atom. The molecular weight excluding hydrogens is 246 g/mol. The molecule has 2 rings (SSSR count). The van der Waals surface area contributed by atoms with Gasteiger partial charge in [0, 0.05) is 30.3 Å². The first-order valence-electron chi connectivity index (χ1n) is 7.40. The fourth-order valence-corrected chi connectivity index (χ4v) is 2.30. The van der Waals surface area contributed by atoms with E-state index in [1.165, 1.54) is 11.3 Å². The van der Waals surface area contributed by atoms with E-state index in [4.69, 9.17) is 0 Å². The Hall–Kier alpha value is -1.74. The van der Waals surface area contributed by atoms with Crippen LogP contribution in [0, 0.1) is 0 Å². The predicted octanol–water partition coefficient (Wildman–Crippen LogP) is 3.02. The fourth-order valence-electron chi connectivity index (χ4n) is 2.30. The summed E-state index contributed by atoms with van der Waals surface area (Å²) in [5.41, 5.74) is 2.46. The summed E-state index contributed by atoms with van der Waals surface area (Å²) in [6, 6.07) is 10.8. The second-order valence-corrected chi connectivity index (χ2v) is 5.08. The van der Waals surface area contributed by atoms with Crippen LogP contribution < -0.4 is 5.32 Å². The molecule has 2 heterocycles. The molecule has 0 saturated heterocycles. The number of aromatic nitrogens is 2. The Balaban J connectivity index is 1.89. The predicted molar refractivity (Wildman–Crippen MR) is 82.6 cm³/mol. The smallest absolute Gasteiger partial charge is 0.0404 e. The Morgan fingerprint density at radius 3 is 2.80 bits per heavy atom. The molecule has 3 nitrogen and oxygen atoms in total. The number of nitrogens with one attached hydrogen (secondary N) is 1. The summed E-state index contributed by atoms with van der Waals surface area (Å²) in [5.74, 6) is 0. The number of pyridine rings is 2. The lowest BCUT2D eigenvalue weighted by Crippen LogP contribution is -2.32. The van der Waals surface area contributed by atoms with Gasteiger partial charge >= 0.3 is 0 Å². The van der Waals surface area contributed by atoms with E-state index in [0.29, 0.717) is 6.04 Å². The molecule has 0 aliphatic carbocycles. The zero-order valence-electron chi connectivity index (χ0n) is 12.1. The third-order valence-electron chi connectivity index (χ3n) is 3.36. The topological polar surface area (TPSA) is 37.8 Å². The van der Waals surface area contributed by atoms with E-state index >= 15 is 0 Å². The van der Waals surface area contributed by atoms with E-state index in [0.717, 1.165) is 32.2 Å². The van der Waals surface area contributed by atoms with Crippen molar-refractivity contribution in [1.29, 1.82) is 0 Å². The Kier molecular flexibility index (Phi) is 6.18. The molecule has 0 fully saturated rings. The van der Waals surface area contributed by atoms with Gasteiger partial charge in [-0.1, -0.05) is 19.1 Å². The summed E-state index contributed by atoms with van der Waals surface area (Å²) >= 11 is 0. The minimum atomic E-state index is 0.487. The van der Waals surface area contributed by atoms with Crippen LogP contribution in [0.15, 0.2) is 48.9 Å². The number of aryl methyl sites for hydroxylation is 1. The molecule has 1 unspecified atom stereocenters. The maximum atomic E-state index is 4.40. The average molecular weight is 269 g/mol. The van der Waals surface area contributed by atoms with Crippen molar-refractivity contribution in [2.45, 2.75) is 38.6 Å². The van der Waals surface area contributed by atoms with E-state index in [9.17, 15) is 0 Å². The maximum absolute atomic E-state index is 4.40. The summed E-state index contributed by atoms with van der Waals surface area (Å²) in [4.78, 5) is 8.59. The molecule has 3 heteroatoms. The highest BCUT2D eigenvalue weighted by atomic mass is 14.9. The lowest BCUT2D eigenvalue weighted by atomic mass is 10.0. The first-order chi connectivity index (χ1) is 9.88. The second-order valence-electron chi connectivity index (χ2n) is 5.08. The molecule has 2 aromatic rings. The highest BCUT2D eigenvalue weighted by Gasteiger charge is 2.09. The molecule has 0 aromatic carbocycles.